The first-order valence-electron chi connectivity index (χ1n) is 6.50. The van der Waals surface area contributed by atoms with E-state index in [4.69, 9.17) is 11.6 Å². The average Bonchev–Trinajstić information content (AvgIpc) is 2.39. The molecule has 0 unspecified atom stereocenters. The summed E-state index contributed by atoms with van der Waals surface area (Å²) in [6.07, 6.45) is 2.75. The number of aromatic nitrogens is 2. The van der Waals surface area contributed by atoms with Crippen molar-refractivity contribution in [3.63, 3.8) is 0 Å². The number of hydrogen-bond donors (Lipinski definition) is 1. The summed E-state index contributed by atoms with van der Waals surface area (Å²) in [7, 11) is 1.88. The quantitative estimate of drug-likeness (QED) is 0.904. The van der Waals surface area contributed by atoms with Gasteiger partial charge in [0.05, 0.1) is 0 Å². The Morgan fingerprint density at radius 3 is 2.74 bits per heavy atom. The zero-order valence-corrected chi connectivity index (χ0v) is 12.0. The van der Waals surface area contributed by atoms with E-state index in [1.165, 1.54) is 0 Å². The van der Waals surface area contributed by atoms with Crippen molar-refractivity contribution in [2.24, 2.45) is 0 Å². The molecule has 0 saturated carbocycles. The number of aryl methyl sites for hydroxylation is 1. The van der Waals surface area contributed by atoms with Gasteiger partial charge in [0.1, 0.15) is 11.6 Å². The zero-order chi connectivity index (χ0) is 13.7. The van der Waals surface area contributed by atoms with Gasteiger partial charge >= 0.3 is 0 Å². The zero-order valence-electron chi connectivity index (χ0n) is 11.3. The van der Waals surface area contributed by atoms with Gasteiger partial charge in [-0.3, -0.25) is 0 Å². The summed E-state index contributed by atoms with van der Waals surface area (Å²) in [6, 6.07) is 9.83. The summed E-state index contributed by atoms with van der Waals surface area (Å²) >= 11 is 6.00. The van der Waals surface area contributed by atoms with Gasteiger partial charge in [-0.1, -0.05) is 37.1 Å². The Kier molecular flexibility index (Phi) is 4.74. The first-order chi connectivity index (χ1) is 9.21. The first kappa shape index (κ1) is 13.8. The number of nitrogens with one attached hydrogen (secondary N) is 1. The van der Waals surface area contributed by atoms with E-state index >= 15 is 0 Å². The maximum atomic E-state index is 6.00. The third-order valence-electron chi connectivity index (χ3n) is 2.84. The van der Waals surface area contributed by atoms with Crippen molar-refractivity contribution >= 4 is 17.4 Å². The predicted molar refractivity (Wildman–Crippen MR) is 79.8 cm³/mol. The summed E-state index contributed by atoms with van der Waals surface area (Å²) in [5, 5.41) is 3.83. The largest absolute Gasteiger partial charge is 0.373 e. The summed E-state index contributed by atoms with van der Waals surface area (Å²) in [4.78, 5) is 9.10. The van der Waals surface area contributed by atoms with Gasteiger partial charge in [0.15, 0.2) is 0 Å². The number of anilines is 1. The minimum absolute atomic E-state index is 0.701. The summed E-state index contributed by atoms with van der Waals surface area (Å²) in [5.74, 6) is 1.70. The second-order valence-corrected chi connectivity index (χ2v) is 4.90. The van der Waals surface area contributed by atoms with Crippen LogP contribution < -0.4 is 5.32 Å². The molecule has 0 atom stereocenters. The van der Waals surface area contributed by atoms with Crippen LogP contribution in [0.4, 0.5) is 5.82 Å². The first-order valence-corrected chi connectivity index (χ1v) is 6.88. The van der Waals surface area contributed by atoms with Gasteiger partial charge in [-0.15, -0.1) is 0 Å². The van der Waals surface area contributed by atoms with Crippen LogP contribution in [0.1, 0.15) is 30.4 Å². The fraction of sp³-hybridized carbons (Fsp3) is 0.333. The molecular formula is C15H18ClN3. The van der Waals surface area contributed by atoms with E-state index < -0.39 is 0 Å². The summed E-state index contributed by atoms with van der Waals surface area (Å²) in [5.41, 5.74) is 2.21. The molecule has 0 spiro atoms. The van der Waals surface area contributed by atoms with Crippen molar-refractivity contribution in [1.29, 1.82) is 0 Å². The molecular weight excluding hydrogens is 258 g/mol. The molecule has 0 aliphatic carbocycles. The van der Waals surface area contributed by atoms with Crippen molar-refractivity contribution in [1.82, 2.24) is 9.97 Å². The highest BCUT2D eigenvalue weighted by atomic mass is 35.5. The second kappa shape index (κ2) is 6.53. The molecule has 3 nitrogen and oxygen atoms in total. The number of hydrogen-bond acceptors (Lipinski definition) is 3. The molecule has 2 aromatic rings. The van der Waals surface area contributed by atoms with Crippen LogP contribution in [0.2, 0.25) is 5.02 Å². The number of benzene rings is 1. The van der Waals surface area contributed by atoms with E-state index in [0.717, 1.165) is 40.8 Å². The van der Waals surface area contributed by atoms with Gasteiger partial charge in [0, 0.05) is 30.3 Å². The minimum atomic E-state index is 0.701. The molecule has 1 heterocycles. The molecule has 100 valence electrons. The summed E-state index contributed by atoms with van der Waals surface area (Å²) < 4.78 is 0. The SMILES string of the molecule is CCCc1cc(NC)nc(Cc2cccc(Cl)c2)n1. The van der Waals surface area contributed by atoms with Crippen LogP contribution in [0.5, 0.6) is 0 Å². The Morgan fingerprint density at radius 2 is 2.05 bits per heavy atom. The highest BCUT2D eigenvalue weighted by Crippen LogP contribution is 2.15. The van der Waals surface area contributed by atoms with Gasteiger partial charge in [-0.05, 0) is 24.1 Å². The highest BCUT2D eigenvalue weighted by Gasteiger charge is 2.05. The Morgan fingerprint density at radius 1 is 1.21 bits per heavy atom. The van der Waals surface area contributed by atoms with Crippen LogP contribution in [-0.2, 0) is 12.8 Å². The number of halogens is 1. The van der Waals surface area contributed by atoms with Crippen molar-refractivity contribution in [3.05, 3.63) is 52.4 Å². The Bertz CT molecular complexity index is 555. The van der Waals surface area contributed by atoms with E-state index in [-0.39, 0.29) is 0 Å². The number of nitrogens with zero attached hydrogens (tertiary/aromatic N) is 2. The topological polar surface area (TPSA) is 37.8 Å². The maximum absolute atomic E-state index is 6.00. The van der Waals surface area contributed by atoms with Crippen LogP contribution in [-0.4, -0.2) is 17.0 Å². The normalized spacial score (nSPS) is 10.5. The second-order valence-electron chi connectivity index (χ2n) is 4.47. The predicted octanol–water partition coefficient (Wildman–Crippen LogP) is 3.72. The molecule has 1 aromatic heterocycles. The molecule has 1 aromatic carbocycles. The maximum Gasteiger partial charge on any atom is 0.135 e. The Labute approximate surface area is 119 Å². The monoisotopic (exact) mass is 275 g/mol. The minimum Gasteiger partial charge on any atom is -0.373 e. The molecule has 0 bridgehead atoms. The lowest BCUT2D eigenvalue weighted by molar-refractivity contribution is 0.843. The van der Waals surface area contributed by atoms with Crippen LogP contribution in [0, 0.1) is 0 Å². The third kappa shape index (κ3) is 3.93. The van der Waals surface area contributed by atoms with Crippen molar-refractivity contribution in [2.75, 3.05) is 12.4 Å². The molecule has 0 fully saturated rings. The van der Waals surface area contributed by atoms with E-state index in [1.807, 2.05) is 37.4 Å². The molecule has 0 amide bonds. The molecule has 0 aliphatic heterocycles. The van der Waals surface area contributed by atoms with Gasteiger partial charge in [0.2, 0.25) is 0 Å². The molecule has 4 heteroatoms. The van der Waals surface area contributed by atoms with Crippen LogP contribution >= 0.6 is 11.6 Å². The molecule has 19 heavy (non-hydrogen) atoms. The fourth-order valence-electron chi connectivity index (χ4n) is 1.97. The standard InChI is InChI=1S/C15H18ClN3/c1-3-5-13-10-14(17-2)19-15(18-13)9-11-6-4-7-12(16)8-11/h4,6-8,10H,3,5,9H2,1-2H3,(H,17,18,19). The third-order valence-corrected chi connectivity index (χ3v) is 3.07. The van der Waals surface area contributed by atoms with Crippen LogP contribution in [0.15, 0.2) is 30.3 Å². The lowest BCUT2D eigenvalue weighted by Crippen LogP contribution is -2.04. The molecule has 0 radical (unpaired) electrons. The van der Waals surface area contributed by atoms with E-state index in [1.54, 1.807) is 0 Å². The lowest BCUT2D eigenvalue weighted by atomic mass is 10.1. The van der Waals surface area contributed by atoms with Gasteiger partial charge in [0.25, 0.3) is 0 Å². The molecule has 1 N–H and O–H groups in total. The van der Waals surface area contributed by atoms with E-state index in [0.29, 0.717) is 6.42 Å². The van der Waals surface area contributed by atoms with Gasteiger partial charge in [-0.25, -0.2) is 9.97 Å². The van der Waals surface area contributed by atoms with E-state index in [9.17, 15) is 0 Å². The smallest absolute Gasteiger partial charge is 0.135 e. The molecule has 0 saturated heterocycles. The average molecular weight is 276 g/mol. The highest BCUT2D eigenvalue weighted by molar-refractivity contribution is 6.30. The van der Waals surface area contributed by atoms with Crippen molar-refractivity contribution < 1.29 is 0 Å². The Hall–Kier alpha value is -1.61. The van der Waals surface area contributed by atoms with E-state index in [2.05, 4.69) is 22.2 Å². The molecule has 0 aliphatic rings. The summed E-state index contributed by atoms with van der Waals surface area (Å²) in [6.45, 7) is 2.15. The van der Waals surface area contributed by atoms with Gasteiger partial charge < -0.3 is 5.32 Å². The van der Waals surface area contributed by atoms with Crippen molar-refractivity contribution in [2.45, 2.75) is 26.2 Å². The lowest BCUT2D eigenvalue weighted by Gasteiger charge is -2.07. The van der Waals surface area contributed by atoms with Crippen molar-refractivity contribution in [3.8, 4) is 0 Å². The Balaban J connectivity index is 2.26. The van der Waals surface area contributed by atoms with Crippen LogP contribution in [0.25, 0.3) is 0 Å². The van der Waals surface area contributed by atoms with Gasteiger partial charge in [-0.2, -0.15) is 0 Å². The fourth-order valence-corrected chi connectivity index (χ4v) is 2.19. The molecule has 2 rings (SSSR count). The van der Waals surface area contributed by atoms with Crippen LogP contribution in [0.3, 0.4) is 0 Å². The number of rotatable bonds is 5.